The predicted octanol–water partition coefficient (Wildman–Crippen LogP) is 3.32. The number of benzene rings is 1. The van der Waals surface area contributed by atoms with Crippen LogP contribution >= 0.6 is 0 Å². The highest BCUT2D eigenvalue weighted by Gasteiger charge is 2.21. The van der Waals surface area contributed by atoms with E-state index in [1.165, 1.54) is 11.1 Å². The molecule has 1 aliphatic rings. The number of hydrogen-bond acceptors (Lipinski definition) is 2. The van der Waals surface area contributed by atoms with Crippen molar-refractivity contribution in [1.82, 2.24) is 0 Å². The number of ether oxygens (including phenoxy) is 1. The first-order chi connectivity index (χ1) is 8.48. The third-order valence-electron chi connectivity index (χ3n) is 3.85. The van der Waals surface area contributed by atoms with Gasteiger partial charge in [-0.25, -0.2) is 0 Å². The number of para-hydroxylation sites is 1. The summed E-state index contributed by atoms with van der Waals surface area (Å²) in [4.78, 5) is 0. The third-order valence-corrected chi connectivity index (χ3v) is 3.85. The Morgan fingerprint density at radius 2 is 2.11 bits per heavy atom. The molecule has 0 saturated heterocycles. The lowest BCUT2D eigenvalue weighted by molar-refractivity contribution is 0.280. The fraction of sp³-hybridized carbons (Fsp3) is 0.625. The predicted molar refractivity (Wildman–Crippen MR) is 76.0 cm³/mol. The first-order valence-corrected chi connectivity index (χ1v) is 6.97. The highest BCUT2D eigenvalue weighted by molar-refractivity contribution is 5.42. The van der Waals surface area contributed by atoms with E-state index in [1.807, 2.05) is 0 Å². The van der Waals surface area contributed by atoms with E-state index < -0.39 is 0 Å². The molecule has 2 N–H and O–H groups in total. The summed E-state index contributed by atoms with van der Waals surface area (Å²) in [5.41, 5.74) is 9.10. The minimum atomic E-state index is 0.176. The second kappa shape index (κ2) is 5.31. The van der Waals surface area contributed by atoms with E-state index in [0.717, 1.165) is 38.0 Å². The Balaban J connectivity index is 2.06. The second-order valence-electron chi connectivity index (χ2n) is 6.37. The van der Waals surface area contributed by atoms with Crippen LogP contribution in [0.15, 0.2) is 18.2 Å². The molecule has 1 aliphatic heterocycles. The molecule has 0 fully saturated rings. The molecule has 0 amide bonds. The lowest BCUT2D eigenvalue weighted by atomic mass is 9.84. The van der Waals surface area contributed by atoms with Gasteiger partial charge < -0.3 is 10.5 Å². The van der Waals surface area contributed by atoms with Crippen LogP contribution in [-0.2, 0) is 12.8 Å². The van der Waals surface area contributed by atoms with Gasteiger partial charge in [-0.2, -0.15) is 0 Å². The minimum absolute atomic E-state index is 0.176. The summed E-state index contributed by atoms with van der Waals surface area (Å²) in [5.74, 6) is 1.13. The highest BCUT2D eigenvalue weighted by Crippen LogP contribution is 2.31. The molecule has 1 aromatic carbocycles. The number of hydrogen-bond donors (Lipinski definition) is 1. The van der Waals surface area contributed by atoms with Gasteiger partial charge in [0.25, 0.3) is 0 Å². The van der Waals surface area contributed by atoms with Crippen LogP contribution in [0.25, 0.3) is 0 Å². The summed E-state index contributed by atoms with van der Waals surface area (Å²) < 4.78 is 5.83. The molecule has 2 rings (SSSR count). The van der Waals surface area contributed by atoms with E-state index in [1.54, 1.807) is 0 Å². The van der Waals surface area contributed by atoms with Crippen molar-refractivity contribution in [3.63, 3.8) is 0 Å². The van der Waals surface area contributed by atoms with Crippen LogP contribution in [0, 0.1) is 5.41 Å². The third kappa shape index (κ3) is 3.05. The maximum absolute atomic E-state index is 6.23. The van der Waals surface area contributed by atoms with Gasteiger partial charge in [-0.15, -0.1) is 0 Å². The summed E-state index contributed by atoms with van der Waals surface area (Å²) in [6.07, 6.45) is 4.32. The number of rotatable bonds is 3. The SMILES string of the molecule is CC(C)(C)C(N)CCc1cccc2c1OCCC2. The molecule has 18 heavy (non-hydrogen) atoms. The number of nitrogens with two attached hydrogens (primary N) is 1. The summed E-state index contributed by atoms with van der Waals surface area (Å²) in [6, 6.07) is 6.74. The first-order valence-electron chi connectivity index (χ1n) is 6.97. The number of aryl methyl sites for hydroxylation is 2. The Morgan fingerprint density at radius 3 is 2.83 bits per heavy atom. The Kier molecular flexibility index (Phi) is 3.96. The van der Waals surface area contributed by atoms with E-state index in [4.69, 9.17) is 10.5 Å². The van der Waals surface area contributed by atoms with Gasteiger partial charge in [0.2, 0.25) is 0 Å². The monoisotopic (exact) mass is 247 g/mol. The van der Waals surface area contributed by atoms with Crippen LogP contribution in [0.3, 0.4) is 0 Å². The van der Waals surface area contributed by atoms with E-state index in [-0.39, 0.29) is 11.5 Å². The summed E-state index contributed by atoms with van der Waals surface area (Å²) >= 11 is 0. The molecule has 0 radical (unpaired) electrons. The smallest absolute Gasteiger partial charge is 0.125 e. The molecule has 1 atom stereocenters. The van der Waals surface area contributed by atoms with Crippen molar-refractivity contribution >= 4 is 0 Å². The van der Waals surface area contributed by atoms with Gasteiger partial charge in [-0.3, -0.25) is 0 Å². The Bertz CT molecular complexity index is 406. The summed E-state index contributed by atoms with van der Waals surface area (Å²) in [6.45, 7) is 7.47. The first kappa shape index (κ1) is 13.4. The normalized spacial score (nSPS) is 16.9. The summed E-state index contributed by atoms with van der Waals surface area (Å²) in [7, 11) is 0. The Morgan fingerprint density at radius 1 is 1.33 bits per heavy atom. The van der Waals surface area contributed by atoms with Crippen LogP contribution in [0.2, 0.25) is 0 Å². The van der Waals surface area contributed by atoms with E-state index >= 15 is 0 Å². The van der Waals surface area contributed by atoms with Crippen molar-refractivity contribution in [1.29, 1.82) is 0 Å². The van der Waals surface area contributed by atoms with Gasteiger partial charge in [0, 0.05) is 6.04 Å². The molecule has 0 bridgehead atoms. The van der Waals surface area contributed by atoms with Gasteiger partial charge in [0.05, 0.1) is 6.61 Å². The van der Waals surface area contributed by atoms with Crippen LogP contribution in [0.5, 0.6) is 5.75 Å². The van der Waals surface area contributed by atoms with E-state index in [9.17, 15) is 0 Å². The molecule has 0 aromatic heterocycles. The van der Waals surface area contributed by atoms with Crippen molar-refractivity contribution in [3.8, 4) is 5.75 Å². The lowest BCUT2D eigenvalue weighted by Gasteiger charge is -2.27. The largest absolute Gasteiger partial charge is 0.493 e. The molecule has 2 heteroatoms. The second-order valence-corrected chi connectivity index (χ2v) is 6.37. The molecule has 0 spiro atoms. The topological polar surface area (TPSA) is 35.2 Å². The van der Waals surface area contributed by atoms with E-state index in [2.05, 4.69) is 39.0 Å². The van der Waals surface area contributed by atoms with Gasteiger partial charge in [0.15, 0.2) is 0 Å². The van der Waals surface area contributed by atoms with Gasteiger partial charge in [0.1, 0.15) is 5.75 Å². The van der Waals surface area contributed by atoms with Crippen LogP contribution in [-0.4, -0.2) is 12.6 Å². The fourth-order valence-electron chi connectivity index (χ4n) is 2.40. The molecule has 0 aliphatic carbocycles. The van der Waals surface area contributed by atoms with E-state index in [0.29, 0.717) is 0 Å². The maximum atomic E-state index is 6.23. The molecular weight excluding hydrogens is 222 g/mol. The highest BCUT2D eigenvalue weighted by atomic mass is 16.5. The molecule has 1 unspecified atom stereocenters. The molecular formula is C16H25NO. The molecule has 100 valence electrons. The van der Waals surface area contributed by atoms with Crippen molar-refractivity contribution in [2.45, 2.75) is 52.5 Å². The molecule has 1 heterocycles. The van der Waals surface area contributed by atoms with Crippen molar-refractivity contribution < 1.29 is 4.74 Å². The Hall–Kier alpha value is -1.02. The lowest BCUT2D eigenvalue weighted by Crippen LogP contribution is -2.35. The summed E-state index contributed by atoms with van der Waals surface area (Å²) in [5, 5.41) is 0. The van der Waals surface area contributed by atoms with Crippen LogP contribution in [0.1, 0.15) is 44.7 Å². The van der Waals surface area contributed by atoms with Crippen molar-refractivity contribution in [3.05, 3.63) is 29.3 Å². The van der Waals surface area contributed by atoms with Crippen LogP contribution < -0.4 is 10.5 Å². The zero-order valence-electron chi connectivity index (χ0n) is 11.8. The fourth-order valence-corrected chi connectivity index (χ4v) is 2.40. The molecule has 2 nitrogen and oxygen atoms in total. The molecule has 0 saturated carbocycles. The quantitative estimate of drug-likeness (QED) is 0.889. The molecule has 1 aromatic rings. The van der Waals surface area contributed by atoms with Gasteiger partial charge in [-0.1, -0.05) is 39.0 Å². The zero-order valence-corrected chi connectivity index (χ0v) is 11.8. The standard InChI is InChI=1S/C16H25NO/c1-16(2,3)14(17)10-9-13-7-4-6-12-8-5-11-18-15(12)13/h4,6-7,14H,5,8-11,17H2,1-3H3. The number of fused-ring (bicyclic) bond motifs is 1. The minimum Gasteiger partial charge on any atom is -0.493 e. The Labute approximate surface area is 111 Å². The van der Waals surface area contributed by atoms with Gasteiger partial charge >= 0.3 is 0 Å². The average molecular weight is 247 g/mol. The van der Waals surface area contributed by atoms with Crippen LogP contribution in [0.4, 0.5) is 0 Å². The zero-order chi connectivity index (χ0) is 13.2. The maximum Gasteiger partial charge on any atom is 0.125 e. The van der Waals surface area contributed by atoms with Gasteiger partial charge in [-0.05, 0) is 42.2 Å². The van der Waals surface area contributed by atoms with Crippen molar-refractivity contribution in [2.75, 3.05) is 6.61 Å². The average Bonchev–Trinajstić information content (AvgIpc) is 2.34. The van der Waals surface area contributed by atoms with Crippen molar-refractivity contribution in [2.24, 2.45) is 11.1 Å².